The van der Waals surface area contributed by atoms with Crippen molar-refractivity contribution in [2.45, 2.75) is 32.4 Å². The molecule has 11 heteroatoms. The van der Waals surface area contributed by atoms with Crippen LogP contribution in [0.4, 0.5) is 20.4 Å². The fourth-order valence-corrected chi connectivity index (χ4v) is 3.18. The molecule has 144 valence electrons. The third-order valence-corrected chi connectivity index (χ3v) is 4.59. The van der Waals surface area contributed by atoms with Gasteiger partial charge >= 0.3 is 6.61 Å². The Hall–Kier alpha value is -2.82. The molecule has 0 aromatic carbocycles. The summed E-state index contributed by atoms with van der Waals surface area (Å²) < 4.78 is 36.1. The van der Waals surface area contributed by atoms with Gasteiger partial charge in [-0.1, -0.05) is 0 Å². The summed E-state index contributed by atoms with van der Waals surface area (Å²) >= 11 is 0. The molecule has 2 atom stereocenters. The Kier molecular flexibility index (Phi) is 4.84. The van der Waals surface area contributed by atoms with Crippen molar-refractivity contribution in [3.63, 3.8) is 0 Å². The lowest BCUT2D eigenvalue weighted by Crippen LogP contribution is -2.26. The lowest BCUT2D eigenvalue weighted by Gasteiger charge is -2.27. The van der Waals surface area contributed by atoms with Crippen molar-refractivity contribution in [3.8, 4) is 5.88 Å². The van der Waals surface area contributed by atoms with Crippen LogP contribution in [0.5, 0.6) is 5.88 Å². The van der Waals surface area contributed by atoms with Crippen LogP contribution in [0.3, 0.4) is 0 Å². The van der Waals surface area contributed by atoms with Crippen molar-refractivity contribution in [1.29, 1.82) is 0 Å². The molecule has 3 aromatic rings. The molecular weight excluding hydrogens is 360 g/mol. The quantitative estimate of drug-likeness (QED) is 0.679. The Balaban J connectivity index is 1.55. The minimum atomic E-state index is -2.93. The fourth-order valence-electron chi connectivity index (χ4n) is 3.18. The number of aromatic amines is 1. The largest absolute Gasteiger partial charge is 0.415 e. The van der Waals surface area contributed by atoms with Gasteiger partial charge in [-0.15, -0.1) is 5.10 Å². The van der Waals surface area contributed by atoms with E-state index in [0.29, 0.717) is 35.3 Å². The van der Waals surface area contributed by atoms with Gasteiger partial charge < -0.3 is 14.8 Å². The number of ether oxygens (including phenoxy) is 2. The number of H-pyrrole nitrogens is 1. The molecule has 0 saturated carbocycles. The van der Waals surface area contributed by atoms with Gasteiger partial charge in [0.05, 0.1) is 25.0 Å². The van der Waals surface area contributed by atoms with E-state index < -0.39 is 6.61 Å². The smallest absolute Gasteiger partial charge is 0.388 e. The molecule has 1 saturated heterocycles. The highest BCUT2D eigenvalue weighted by atomic mass is 19.3. The highest BCUT2D eigenvalue weighted by Gasteiger charge is 2.24. The molecule has 0 spiro atoms. The molecular formula is C16H19F2N7O2. The Morgan fingerprint density at radius 2 is 2.30 bits per heavy atom. The summed E-state index contributed by atoms with van der Waals surface area (Å²) in [4.78, 5) is 8.92. The molecule has 1 aliphatic rings. The predicted octanol–water partition coefficient (Wildman–Crippen LogP) is 2.88. The summed E-state index contributed by atoms with van der Waals surface area (Å²) in [6, 6.07) is 1.43. The van der Waals surface area contributed by atoms with Crippen molar-refractivity contribution in [1.82, 2.24) is 29.9 Å². The topological polar surface area (TPSA) is 103 Å². The predicted molar refractivity (Wildman–Crippen MR) is 92.1 cm³/mol. The highest BCUT2D eigenvalue weighted by Crippen LogP contribution is 2.28. The molecule has 27 heavy (non-hydrogen) atoms. The summed E-state index contributed by atoms with van der Waals surface area (Å²) in [6.07, 6.45) is 5.33. The number of aromatic nitrogens is 6. The fraction of sp³-hybridized carbons (Fsp3) is 0.500. The van der Waals surface area contributed by atoms with E-state index in [-0.39, 0.29) is 11.9 Å². The van der Waals surface area contributed by atoms with Gasteiger partial charge in [-0.25, -0.2) is 14.6 Å². The van der Waals surface area contributed by atoms with Gasteiger partial charge in [0.15, 0.2) is 11.5 Å². The van der Waals surface area contributed by atoms with Crippen LogP contribution in [0.1, 0.15) is 25.8 Å². The lowest BCUT2D eigenvalue weighted by molar-refractivity contribution is -0.0528. The van der Waals surface area contributed by atoms with Crippen molar-refractivity contribution < 1.29 is 18.3 Å². The van der Waals surface area contributed by atoms with E-state index in [0.717, 1.165) is 19.4 Å². The summed E-state index contributed by atoms with van der Waals surface area (Å²) in [5, 5.41) is 13.6. The third-order valence-electron chi connectivity index (χ3n) is 4.59. The number of rotatable bonds is 6. The summed E-state index contributed by atoms with van der Waals surface area (Å²) in [7, 11) is 0. The van der Waals surface area contributed by atoms with E-state index in [9.17, 15) is 8.78 Å². The zero-order chi connectivity index (χ0) is 18.8. The number of halogens is 2. The number of alkyl halides is 2. The standard InChI is InChI=1S/C16H19F2N7O2/c1-9(10-3-2-4-26-8-10)25-15-11(6-20-25)19-7-13(22-15)21-12-5-14(24-23-12)27-16(17)18/h5-7,9-10,16H,2-4,8H2,1H3,(H2,21,22,23,24)/t9?,10-/m0/s1. The van der Waals surface area contributed by atoms with Gasteiger partial charge in [-0.2, -0.15) is 13.9 Å². The molecule has 4 heterocycles. The van der Waals surface area contributed by atoms with Gasteiger partial charge in [0.2, 0.25) is 5.88 Å². The molecule has 0 amide bonds. The van der Waals surface area contributed by atoms with Crippen LogP contribution in [0, 0.1) is 5.92 Å². The van der Waals surface area contributed by atoms with Crippen LogP contribution >= 0.6 is 0 Å². The van der Waals surface area contributed by atoms with Crippen LogP contribution in [-0.4, -0.2) is 49.8 Å². The first-order valence-electron chi connectivity index (χ1n) is 8.65. The maximum atomic E-state index is 12.2. The number of nitrogens with one attached hydrogen (secondary N) is 2. The van der Waals surface area contributed by atoms with Crippen molar-refractivity contribution in [3.05, 3.63) is 18.5 Å². The van der Waals surface area contributed by atoms with Crippen LogP contribution in [0.15, 0.2) is 18.5 Å². The van der Waals surface area contributed by atoms with Gasteiger partial charge in [-0.05, 0) is 19.8 Å². The molecule has 4 rings (SSSR count). The van der Waals surface area contributed by atoms with Gasteiger partial charge in [0, 0.05) is 18.6 Å². The Morgan fingerprint density at radius 3 is 3.07 bits per heavy atom. The Bertz CT molecular complexity index is 907. The number of hydrogen-bond acceptors (Lipinski definition) is 7. The number of nitrogens with zero attached hydrogens (tertiary/aromatic N) is 5. The molecule has 1 aliphatic heterocycles. The molecule has 0 bridgehead atoms. The zero-order valence-electron chi connectivity index (χ0n) is 14.6. The maximum Gasteiger partial charge on any atom is 0.388 e. The van der Waals surface area contributed by atoms with Gasteiger partial charge in [0.1, 0.15) is 11.3 Å². The van der Waals surface area contributed by atoms with Crippen LogP contribution in [-0.2, 0) is 4.74 Å². The second kappa shape index (κ2) is 7.43. The molecule has 1 unspecified atom stereocenters. The van der Waals surface area contributed by atoms with Crippen LogP contribution in [0.25, 0.3) is 11.2 Å². The number of anilines is 2. The molecule has 1 fully saturated rings. The van der Waals surface area contributed by atoms with E-state index in [4.69, 9.17) is 4.74 Å². The molecule has 9 nitrogen and oxygen atoms in total. The van der Waals surface area contributed by atoms with Gasteiger partial charge in [-0.3, -0.25) is 5.10 Å². The molecule has 0 aliphatic carbocycles. The summed E-state index contributed by atoms with van der Waals surface area (Å²) in [6.45, 7) is 0.668. The minimum absolute atomic E-state index is 0.116. The van der Waals surface area contributed by atoms with E-state index in [2.05, 4.69) is 42.2 Å². The number of hydrogen-bond donors (Lipinski definition) is 2. The van der Waals surface area contributed by atoms with Crippen LogP contribution in [0.2, 0.25) is 0 Å². The third kappa shape index (κ3) is 3.82. The SMILES string of the molecule is CC([C@H]1CCCOC1)n1ncc2ncc(Nc3cc(OC(F)F)n[nH]3)nc21. The molecule has 0 radical (unpaired) electrons. The average Bonchev–Trinajstić information content (AvgIpc) is 3.28. The van der Waals surface area contributed by atoms with Gasteiger partial charge in [0.25, 0.3) is 0 Å². The monoisotopic (exact) mass is 379 g/mol. The number of fused-ring (bicyclic) bond motifs is 1. The second-order valence-electron chi connectivity index (χ2n) is 6.39. The Morgan fingerprint density at radius 1 is 1.41 bits per heavy atom. The molecule has 3 aromatic heterocycles. The second-order valence-corrected chi connectivity index (χ2v) is 6.39. The van der Waals surface area contributed by atoms with E-state index in [1.54, 1.807) is 6.20 Å². The van der Waals surface area contributed by atoms with Crippen molar-refractivity contribution in [2.75, 3.05) is 18.5 Å². The average molecular weight is 379 g/mol. The molecule has 2 N–H and O–H groups in total. The van der Waals surface area contributed by atoms with Crippen molar-refractivity contribution in [2.24, 2.45) is 5.92 Å². The first-order valence-corrected chi connectivity index (χ1v) is 8.65. The minimum Gasteiger partial charge on any atom is -0.415 e. The highest BCUT2D eigenvalue weighted by molar-refractivity contribution is 5.72. The van der Waals surface area contributed by atoms with E-state index in [1.807, 2.05) is 4.68 Å². The summed E-state index contributed by atoms with van der Waals surface area (Å²) in [5.74, 6) is 0.946. The Labute approximate surface area is 153 Å². The first kappa shape index (κ1) is 17.6. The zero-order valence-corrected chi connectivity index (χ0v) is 14.6. The first-order chi connectivity index (χ1) is 13.1. The summed E-state index contributed by atoms with van der Waals surface area (Å²) in [5.41, 5.74) is 1.32. The van der Waals surface area contributed by atoms with E-state index in [1.165, 1.54) is 12.3 Å². The normalized spacial score (nSPS) is 18.7. The van der Waals surface area contributed by atoms with Crippen molar-refractivity contribution >= 4 is 22.8 Å². The lowest BCUT2D eigenvalue weighted by atomic mass is 9.95. The van der Waals surface area contributed by atoms with E-state index >= 15 is 0 Å². The van der Waals surface area contributed by atoms with Crippen LogP contribution < -0.4 is 10.1 Å². The maximum absolute atomic E-state index is 12.2.